The molecular formula is C27H38F2O2. The van der Waals surface area contributed by atoms with E-state index in [9.17, 15) is 8.78 Å². The first-order valence-corrected chi connectivity index (χ1v) is 12.4. The van der Waals surface area contributed by atoms with Gasteiger partial charge in [-0.15, -0.1) is 0 Å². The van der Waals surface area contributed by atoms with Crippen molar-refractivity contribution in [1.29, 1.82) is 0 Å². The van der Waals surface area contributed by atoms with Gasteiger partial charge < -0.3 is 9.47 Å². The van der Waals surface area contributed by atoms with Gasteiger partial charge in [-0.3, -0.25) is 4.39 Å². The minimum absolute atomic E-state index is 0.0607. The number of allylic oxidation sites excluding steroid dienone is 2. The smallest absolute Gasteiger partial charge is 0.160 e. The summed E-state index contributed by atoms with van der Waals surface area (Å²) in [7, 11) is 0. The molecule has 3 aliphatic rings. The van der Waals surface area contributed by atoms with Crippen molar-refractivity contribution in [2.75, 3.05) is 19.9 Å². The lowest BCUT2D eigenvalue weighted by Crippen LogP contribution is -2.38. The van der Waals surface area contributed by atoms with E-state index in [-0.39, 0.29) is 30.6 Å². The van der Waals surface area contributed by atoms with E-state index in [1.54, 1.807) is 6.07 Å². The van der Waals surface area contributed by atoms with Crippen molar-refractivity contribution in [1.82, 2.24) is 0 Å². The molecule has 0 radical (unpaired) electrons. The molecule has 0 N–H and O–H groups in total. The van der Waals surface area contributed by atoms with E-state index in [1.807, 2.05) is 13.0 Å². The number of ether oxygens (including phenoxy) is 2. The van der Waals surface area contributed by atoms with Crippen molar-refractivity contribution in [3.63, 3.8) is 0 Å². The summed E-state index contributed by atoms with van der Waals surface area (Å²) in [5.74, 6) is 1.73. The van der Waals surface area contributed by atoms with E-state index in [4.69, 9.17) is 9.47 Å². The zero-order chi connectivity index (χ0) is 21.6. The fourth-order valence-corrected chi connectivity index (χ4v) is 5.78. The molecule has 1 saturated heterocycles. The predicted octanol–water partition coefficient (Wildman–Crippen LogP) is 7.30. The summed E-state index contributed by atoms with van der Waals surface area (Å²) in [4.78, 5) is 0. The van der Waals surface area contributed by atoms with Crippen LogP contribution in [0.1, 0.15) is 87.7 Å². The van der Waals surface area contributed by atoms with Crippen molar-refractivity contribution in [3.05, 3.63) is 47.3 Å². The highest BCUT2D eigenvalue weighted by atomic mass is 19.1. The van der Waals surface area contributed by atoms with Crippen LogP contribution in [0.2, 0.25) is 0 Å². The van der Waals surface area contributed by atoms with Gasteiger partial charge in [0.25, 0.3) is 0 Å². The molecule has 0 amide bonds. The van der Waals surface area contributed by atoms with Crippen LogP contribution in [0.3, 0.4) is 0 Å². The largest absolute Gasteiger partial charge is 0.352 e. The van der Waals surface area contributed by atoms with Crippen LogP contribution >= 0.6 is 0 Å². The first-order chi connectivity index (χ1) is 15.2. The molecule has 3 fully saturated rings. The normalized spacial score (nSPS) is 34.8. The molecule has 2 nitrogen and oxygen atoms in total. The average Bonchev–Trinajstić information content (AvgIpc) is 2.83. The highest BCUT2D eigenvalue weighted by molar-refractivity contribution is 5.30. The molecule has 31 heavy (non-hydrogen) atoms. The van der Waals surface area contributed by atoms with Gasteiger partial charge in [0, 0.05) is 11.8 Å². The van der Waals surface area contributed by atoms with Gasteiger partial charge in [-0.1, -0.05) is 24.3 Å². The van der Waals surface area contributed by atoms with Gasteiger partial charge in [-0.25, -0.2) is 4.39 Å². The van der Waals surface area contributed by atoms with Gasteiger partial charge in [0.05, 0.1) is 19.9 Å². The van der Waals surface area contributed by atoms with Crippen molar-refractivity contribution in [3.8, 4) is 0 Å². The molecule has 0 bridgehead atoms. The first kappa shape index (κ1) is 22.9. The van der Waals surface area contributed by atoms with Crippen LogP contribution in [0.25, 0.3) is 0 Å². The molecule has 1 heterocycles. The Morgan fingerprint density at radius 1 is 0.903 bits per heavy atom. The zero-order valence-electron chi connectivity index (χ0n) is 18.9. The fourth-order valence-electron chi connectivity index (χ4n) is 5.78. The zero-order valence-corrected chi connectivity index (χ0v) is 18.9. The number of rotatable bonds is 6. The van der Waals surface area contributed by atoms with Gasteiger partial charge in [0.2, 0.25) is 0 Å². The molecule has 2 saturated carbocycles. The minimum Gasteiger partial charge on any atom is -0.352 e. The maximum atomic E-state index is 14.9. The maximum Gasteiger partial charge on any atom is 0.160 e. The van der Waals surface area contributed by atoms with Crippen molar-refractivity contribution in [2.45, 2.75) is 82.8 Å². The van der Waals surface area contributed by atoms with Gasteiger partial charge in [0.1, 0.15) is 5.82 Å². The minimum atomic E-state index is -0.232. The van der Waals surface area contributed by atoms with Crippen LogP contribution in [0.4, 0.5) is 8.78 Å². The SMILES string of the molecule is C/C=C\CC1COC(C2CCC(c3ccc(C4CCC(CF)CC4)c(F)c3)CC2)OC1. The van der Waals surface area contributed by atoms with Gasteiger partial charge >= 0.3 is 0 Å². The number of halogens is 2. The summed E-state index contributed by atoms with van der Waals surface area (Å²) < 4.78 is 39.9. The lowest BCUT2D eigenvalue weighted by atomic mass is 9.76. The Kier molecular flexibility index (Phi) is 8.17. The molecular weight excluding hydrogens is 394 g/mol. The maximum absolute atomic E-state index is 14.9. The molecule has 4 rings (SSSR count). The molecule has 172 valence electrons. The third kappa shape index (κ3) is 5.76. The Bertz CT molecular complexity index is 710. The highest BCUT2D eigenvalue weighted by Crippen LogP contribution is 2.41. The number of hydrogen-bond donors (Lipinski definition) is 0. The van der Waals surface area contributed by atoms with Crippen LogP contribution < -0.4 is 0 Å². The Balaban J connectivity index is 1.27. The molecule has 1 aliphatic heterocycles. The van der Waals surface area contributed by atoms with Crippen molar-refractivity contribution < 1.29 is 18.3 Å². The standard InChI is InChI=1S/C27H38F2O2/c1-2-3-4-20-17-30-27(31-18-20)23-11-9-21(10-12-23)24-13-14-25(26(29)15-24)22-7-5-19(16-28)6-8-22/h2-3,13-15,19-23,27H,4-12,16-18H2,1H3/b3-2-. The molecule has 0 aromatic heterocycles. The van der Waals surface area contributed by atoms with E-state index in [0.717, 1.165) is 82.1 Å². The summed E-state index contributed by atoms with van der Waals surface area (Å²) in [6.07, 6.45) is 13.1. The summed E-state index contributed by atoms with van der Waals surface area (Å²) in [6.45, 7) is 3.39. The van der Waals surface area contributed by atoms with Gasteiger partial charge in [-0.05, 0) is 99.7 Å². The van der Waals surface area contributed by atoms with E-state index in [0.29, 0.717) is 17.8 Å². The number of benzene rings is 1. The molecule has 0 unspecified atom stereocenters. The second kappa shape index (κ2) is 11.0. The van der Waals surface area contributed by atoms with Crippen LogP contribution in [0.5, 0.6) is 0 Å². The first-order valence-electron chi connectivity index (χ1n) is 12.4. The van der Waals surface area contributed by atoms with Crippen LogP contribution in [-0.2, 0) is 9.47 Å². The van der Waals surface area contributed by atoms with E-state index in [1.165, 1.54) is 0 Å². The van der Waals surface area contributed by atoms with E-state index < -0.39 is 0 Å². The summed E-state index contributed by atoms with van der Waals surface area (Å²) >= 11 is 0. The Morgan fingerprint density at radius 2 is 1.58 bits per heavy atom. The Labute approximate surface area is 186 Å². The molecule has 4 heteroatoms. The highest BCUT2D eigenvalue weighted by Gasteiger charge is 2.33. The Morgan fingerprint density at radius 3 is 2.19 bits per heavy atom. The predicted molar refractivity (Wildman–Crippen MR) is 120 cm³/mol. The quantitative estimate of drug-likeness (QED) is 0.439. The topological polar surface area (TPSA) is 18.5 Å². The molecule has 2 aliphatic carbocycles. The van der Waals surface area contributed by atoms with Crippen LogP contribution in [-0.4, -0.2) is 26.2 Å². The molecule has 0 atom stereocenters. The fraction of sp³-hybridized carbons (Fsp3) is 0.704. The van der Waals surface area contributed by atoms with Crippen LogP contribution in [0, 0.1) is 23.6 Å². The molecule has 1 aromatic rings. The lowest BCUT2D eigenvalue weighted by molar-refractivity contribution is -0.228. The summed E-state index contributed by atoms with van der Waals surface area (Å²) in [5.41, 5.74) is 1.97. The van der Waals surface area contributed by atoms with Crippen molar-refractivity contribution >= 4 is 0 Å². The Hall–Kier alpha value is -1.26. The number of hydrogen-bond acceptors (Lipinski definition) is 2. The van der Waals surface area contributed by atoms with E-state index >= 15 is 0 Å². The van der Waals surface area contributed by atoms with Crippen LogP contribution in [0.15, 0.2) is 30.4 Å². The average molecular weight is 433 g/mol. The third-order valence-electron chi connectivity index (χ3n) is 7.85. The van der Waals surface area contributed by atoms with E-state index in [2.05, 4.69) is 18.2 Å². The second-order valence-corrected chi connectivity index (χ2v) is 9.97. The van der Waals surface area contributed by atoms with Gasteiger partial charge in [-0.2, -0.15) is 0 Å². The second-order valence-electron chi connectivity index (χ2n) is 9.97. The summed E-state index contributed by atoms with van der Waals surface area (Å²) in [6, 6.07) is 5.93. The molecule has 0 spiro atoms. The monoisotopic (exact) mass is 432 g/mol. The summed E-state index contributed by atoms with van der Waals surface area (Å²) in [5, 5.41) is 0. The number of alkyl halides is 1. The van der Waals surface area contributed by atoms with Gasteiger partial charge in [0.15, 0.2) is 6.29 Å². The van der Waals surface area contributed by atoms with Crippen molar-refractivity contribution in [2.24, 2.45) is 17.8 Å². The third-order valence-corrected chi connectivity index (χ3v) is 7.85. The lowest BCUT2D eigenvalue weighted by Gasteiger charge is -2.37. The molecule has 1 aromatic carbocycles.